The quantitative estimate of drug-likeness (QED) is 0.595. The smallest absolute Gasteiger partial charge is 0.235 e. The van der Waals surface area contributed by atoms with E-state index in [1.165, 1.54) is 0 Å². The van der Waals surface area contributed by atoms with Crippen molar-refractivity contribution in [2.45, 2.75) is 31.4 Å². The number of aliphatic hydroxyl groups is 1. The molecule has 1 rings (SSSR count). The van der Waals surface area contributed by atoms with Gasteiger partial charge in [-0.1, -0.05) is 0 Å². The van der Waals surface area contributed by atoms with Crippen LogP contribution in [0.4, 0.5) is 0 Å². The fourth-order valence-corrected chi connectivity index (χ4v) is 1.45. The number of carbonyl (C=O) groups is 1. The van der Waals surface area contributed by atoms with Crippen molar-refractivity contribution in [2.75, 3.05) is 5.88 Å². The van der Waals surface area contributed by atoms with E-state index in [0.29, 0.717) is 12.8 Å². The molecule has 0 bridgehead atoms. The monoisotopic (exact) mass is 177 g/mol. The predicted molar refractivity (Wildman–Crippen MR) is 42.5 cm³/mol. The highest BCUT2D eigenvalue weighted by Crippen LogP contribution is 2.31. The Labute approximate surface area is 70.7 Å². The number of hydrogen-bond donors (Lipinski definition) is 2. The summed E-state index contributed by atoms with van der Waals surface area (Å²) in [7, 11) is 0. The molecule has 0 radical (unpaired) electrons. The van der Waals surface area contributed by atoms with Gasteiger partial charge < -0.3 is 10.4 Å². The Hall–Kier alpha value is -0.280. The van der Waals surface area contributed by atoms with E-state index in [0.717, 1.165) is 0 Å². The van der Waals surface area contributed by atoms with E-state index in [1.54, 1.807) is 6.92 Å². The van der Waals surface area contributed by atoms with Gasteiger partial charge in [0.1, 0.15) is 5.88 Å². The van der Waals surface area contributed by atoms with Crippen LogP contribution in [0.3, 0.4) is 0 Å². The van der Waals surface area contributed by atoms with Gasteiger partial charge >= 0.3 is 0 Å². The van der Waals surface area contributed by atoms with Crippen LogP contribution in [0.1, 0.15) is 19.8 Å². The zero-order chi connectivity index (χ0) is 8.48. The summed E-state index contributed by atoms with van der Waals surface area (Å²) < 4.78 is 0. The molecule has 0 atom stereocenters. The highest BCUT2D eigenvalue weighted by molar-refractivity contribution is 6.27. The SMILES string of the molecule is C[C@]1(O)C[C@@H](NC(=O)CCl)C1. The molecule has 3 nitrogen and oxygen atoms in total. The molecule has 2 N–H and O–H groups in total. The first-order valence-corrected chi connectivity index (χ1v) is 4.15. The normalized spacial score (nSPS) is 36.1. The molecule has 4 heteroatoms. The Balaban J connectivity index is 2.19. The molecule has 1 aliphatic carbocycles. The van der Waals surface area contributed by atoms with Crippen molar-refractivity contribution >= 4 is 17.5 Å². The molecule has 0 aromatic heterocycles. The van der Waals surface area contributed by atoms with E-state index in [1.807, 2.05) is 0 Å². The molecular weight excluding hydrogens is 166 g/mol. The maximum absolute atomic E-state index is 10.7. The van der Waals surface area contributed by atoms with Crippen molar-refractivity contribution in [2.24, 2.45) is 0 Å². The van der Waals surface area contributed by atoms with Gasteiger partial charge in [0.15, 0.2) is 0 Å². The number of alkyl halides is 1. The lowest BCUT2D eigenvalue weighted by Gasteiger charge is -2.41. The first kappa shape index (κ1) is 8.81. The minimum absolute atomic E-state index is 0.00135. The number of halogens is 1. The van der Waals surface area contributed by atoms with Crippen LogP contribution in [-0.4, -0.2) is 28.5 Å². The fourth-order valence-electron chi connectivity index (χ4n) is 1.37. The second kappa shape index (κ2) is 2.99. The zero-order valence-electron chi connectivity index (χ0n) is 6.43. The van der Waals surface area contributed by atoms with Gasteiger partial charge in [0.05, 0.1) is 5.60 Å². The van der Waals surface area contributed by atoms with Crippen LogP contribution in [0, 0.1) is 0 Å². The third kappa shape index (κ3) is 2.34. The second-order valence-corrected chi connectivity index (χ2v) is 3.57. The van der Waals surface area contributed by atoms with E-state index >= 15 is 0 Å². The summed E-state index contributed by atoms with van der Waals surface area (Å²) in [5.74, 6) is -0.161. The van der Waals surface area contributed by atoms with Crippen LogP contribution in [0.15, 0.2) is 0 Å². The van der Waals surface area contributed by atoms with Crippen LogP contribution in [0.5, 0.6) is 0 Å². The lowest BCUT2D eigenvalue weighted by atomic mass is 9.77. The maximum atomic E-state index is 10.7. The summed E-state index contributed by atoms with van der Waals surface area (Å²) in [5, 5.41) is 12.0. The molecule has 11 heavy (non-hydrogen) atoms. The van der Waals surface area contributed by atoms with Gasteiger partial charge in [0.25, 0.3) is 0 Å². The minimum atomic E-state index is -0.579. The van der Waals surface area contributed by atoms with Crippen molar-refractivity contribution in [1.82, 2.24) is 5.32 Å². The first-order valence-electron chi connectivity index (χ1n) is 3.61. The van der Waals surface area contributed by atoms with Crippen molar-refractivity contribution in [3.05, 3.63) is 0 Å². The van der Waals surface area contributed by atoms with Crippen LogP contribution in [0.25, 0.3) is 0 Å². The Morgan fingerprint density at radius 2 is 2.36 bits per heavy atom. The van der Waals surface area contributed by atoms with Crippen LogP contribution >= 0.6 is 11.6 Å². The van der Waals surface area contributed by atoms with Crippen molar-refractivity contribution < 1.29 is 9.90 Å². The van der Waals surface area contributed by atoms with Gasteiger partial charge in [0, 0.05) is 6.04 Å². The summed E-state index contributed by atoms with van der Waals surface area (Å²) in [6.45, 7) is 1.76. The summed E-state index contributed by atoms with van der Waals surface area (Å²) >= 11 is 5.27. The molecule has 0 aromatic carbocycles. The molecule has 1 aliphatic rings. The number of rotatable bonds is 2. The molecule has 1 amide bonds. The lowest BCUT2D eigenvalue weighted by Crippen LogP contribution is -2.53. The number of nitrogens with one attached hydrogen (secondary N) is 1. The third-order valence-electron chi connectivity index (χ3n) is 1.86. The Bertz CT molecular complexity index is 162. The number of hydrogen-bond acceptors (Lipinski definition) is 2. The highest BCUT2D eigenvalue weighted by Gasteiger charge is 2.38. The summed E-state index contributed by atoms with van der Waals surface area (Å²) in [4.78, 5) is 10.7. The zero-order valence-corrected chi connectivity index (χ0v) is 7.19. The van der Waals surface area contributed by atoms with E-state index in [9.17, 15) is 9.90 Å². The number of amides is 1. The highest BCUT2D eigenvalue weighted by atomic mass is 35.5. The largest absolute Gasteiger partial charge is 0.390 e. The van der Waals surface area contributed by atoms with Gasteiger partial charge in [-0.2, -0.15) is 0 Å². The van der Waals surface area contributed by atoms with Gasteiger partial charge in [-0.15, -0.1) is 11.6 Å². The summed E-state index contributed by atoms with van der Waals surface area (Å²) in [6.07, 6.45) is 1.27. The first-order chi connectivity index (χ1) is 5.03. The Morgan fingerprint density at radius 3 is 2.73 bits per heavy atom. The summed E-state index contributed by atoms with van der Waals surface area (Å²) in [6, 6.07) is 0.122. The van der Waals surface area contributed by atoms with Gasteiger partial charge in [0.2, 0.25) is 5.91 Å². The average Bonchev–Trinajstić information content (AvgIpc) is 1.83. The van der Waals surface area contributed by atoms with E-state index in [4.69, 9.17) is 11.6 Å². The third-order valence-corrected chi connectivity index (χ3v) is 2.10. The molecule has 0 heterocycles. The minimum Gasteiger partial charge on any atom is -0.390 e. The molecule has 0 aliphatic heterocycles. The van der Waals surface area contributed by atoms with Crippen molar-refractivity contribution in [3.8, 4) is 0 Å². The van der Waals surface area contributed by atoms with Gasteiger partial charge in [-0.3, -0.25) is 4.79 Å². The molecule has 64 valence electrons. The number of carbonyl (C=O) groups excluding carboxylic acids is 1. The van der Waals surface area contributed by atoms with Gasteiger partial charge in [-0.05, 0) is 19.8 Å². The predicted octanol–water partition coefficient (Wildman–Crippen LogP) is 0.255. The van der Waals surface area contributed by atoms with Crippen LogP contribution in [0.2, 0.25) is 0 Å². The molecular formula is C7H12ClNO2. The maximum Gasteiger partial charge on any atom is 0.235 e. The molecule has 0 saturated heterocycles. The van der Waals surface area contributed by atoms with Crippen molar-refractivity contribution in [3.63, 3.8) is 0 Å². The molecule has 1 saturated carbocycles. The van der Waals surface area contributed by atoms with E-state index in [-0.39, 0.29) is 17.8 Å². The molecule has 0 spiro atoms. The standard InChI is InChI=1S/C7H12ClNO2/c1-7(11)2-5(3-7)9-6(10)4-8/h5,11H,2-4H2,1H3,(H,9,10)/t5-,7+. The van der Waals surface area contributed by atoms with E-state index < -0.39 is 5.60 Å². The molecule has 0 unspecified atom stereocenters. The Kier molecular flexibility index (Phi) is 2.40. The molecule has 1 fully saturated rings. The van der Waals surface area contributed by atoms with Crippen LogP contribution in [-0.2, 0) is 4.79 Å². The van der Waals surface area contributed by atoms with Crippen LogP contribution < -0.4 is 5.32 Å². The summed E-state index contributed by atoms with van der Waals surface area (Å²) in [5.41, 5.74) is -0.579. The van der Waals surface area contributed by atoms with Gasteiger partial charge in [-0.25, -0.2) is 0 Å². The Morgan fingerprint density at radius 1 is 1.82 bits per heavy atom. The molecule has 0 aromatic rings. The average molecular weight is 178 g/mol. The second-order valence-electron chi connectivity index (χ2n) is 3.30. The van der Waals surface area contributed by atoms with Crippen molar-refractivity contribution in [1.29, 1.82) is 0 Å². The fraction of sp³-hybridized carbons (Fsp3) is 0.857. The lowest BCUT2D eigenvalue weighted by molar-refractivity contribution is -0.122. The van der Waals surface area contributed by atoms with E-state index in [2.05, 4.69) is 5.32 Å². The topological polar surface area (TPSA) is 49.3 Å².